The van der Waals surface area contributed by atoms with Crippen LogP contribution in [-0.4, -0.2) is 10.5 Å². The predicted octanol–water partition coefficient (Wildman–Crippen LogP) is 4.27. The van der Waals surface area contributed by atoms with Gasteiger partial charge in [-0.05, 0) is 37.5 Å². The van der Waals surface area contributed by atoms with Crippen molar-refractivity contribution in [1.29, 1.82) is 0 Å². The van der Waals surface area contributed by atoms with Gasteiger partial charge in [0.25, 0.3) is 0 Å². The van der Waals surface area contributed by atoms with E-state index in [-0.39, 0.29) is 0 Å². The van der Waals surface area contributed by atoms with Gasteiger partial charge in [-0.3, -0.25) is 10.5 Å². The molecule has 25 heavy (non-hydrogen) atoms. The molecule has 4 heteroatoms. The minimum atomic E-state index is -2.89. The van der Waals surface area contributed by atoms with Crippen LogP contribution >= 0.6 is 7.14 Å². The number of hydrogen-bond donors (Lipinski definition) is 2. The predicted molar refractivity (Wildman–Crippen MR) is 105 cm³/mol. The highest BCUT2D eigenvalue weighted by molar-refractivity contribution is 7.85. The van der Waals surface area contributed by atoms with Gasteiger partial charge >= 0.3 is 0 Å². The summed E-state index contributed by atoms with van der Waals surface area (Å²) in [6.07, 6.45) is 0. The Hall–Kier alpha value is -2.19. The molecule has 0 amide bonds. The molecule has 0 spiro atoms. The molecule has 0 fully saturated rings. The highest BCUT2D eigenvalue weighted by atomic mass is 31.2. The van der Waals surface area contributed by atoms with Crippen molar-refractivity contribution in [3.8, 4) is 0 Å². The van der Waals surface area contributed by atoms with Crippen LogP contribution in [0.15, 0.2) is 72.8 Å². The second-order valence-electron chi connectivity index (χ2n) is 5.97. The van der Waals surface area contributed by atoms with Crippen molar-refractivity contribution in [3.63, 3.8) is 0 Å². The molecule has 3 aromatic rings. The average Bonchev–Trinajstić information content (AvgIpc) is 2.64. The zero-order valence-electron chi connectivity index (χ0n) is 14.7. The first kappa shape index (κ1) is 19.1. The van der Waals surface area contributed by atoms with Crippen molar-refractivity contribution in [3.05, 3.63) is 89.5 Å². The molecular formula is C21H23O3P. The molecule has 0 aromatic heterocycles. The van der Waals surface area contributed by atoms with Gasteiger partial charge in [-0.25, -0.2) is 0 Å². The van der Waals surface area contributed by atoms with E-state index in [4.69, 9.17) is 10.5 Å². The van der Waals surface area contributed by atoms with Gasteiger partial charge in [0.2, 0.25) is 0 Å². The second-order valence-corrected chi connectivity index (χ2v) is 8.63. The first-order valence-corrected chi connectivity index (χ1v) is 9.74. The summed E-state index contributed by atoms with van der Waals surface area (Å²) in [5.41, 5.74) is 3.21. The number of benzene rings is 3. The summed E-state index contributed by atoms with van der Waals surface area (Å²) in [6.45, 7) is 6.12. The molecule has 0 heterocycles. The zero-order chi connectivity index (χ0) is 18.4. The maximum absolute atomic E-state index is 14.5. The smallest absolute Gasteiger partial charge is 0.171 e. The Labute approximate surface area is 148 Å². The molecule has 0 aliphatic rings. The monoisotopic (exact) mass is 354 g/mol. The third kappa shape index (κ3) is 3.59. The zero-order valence-corrected chi connectivity index (χ0v) is 15.6. The largest absolute Gasteiger partial charge is 0.309 e. The molecule has 0 aliphatic heterocycles. The van der Waals surface area contributed by atoms with Gasteiger partial charge in [0.1, 0.15) is 0 Å². The fraction of sp³-hybridized carbons (Fsp3) is 0.143. The van der Waals surface area contributed by atoms with E-state index in [2.05, 4.69) is 0 Å². The molecule has 130 valence electrons. The maximum Gasteiger partial charge on any atom is 0.171 e. The SMILES string of the molecule is Cc1ccccc1P(=O)(c1ccccc1C)c1ccccc1C.OO. The van der Waals surface area contributed by atoms with E-state index in [1.165, 1.54) is 0 Å². The van der Waals surface area contributed by atoms with E-state index in [0.29, 0.717) is 0 Å². The van der Waals surface area contributed by atoms with Gasteiger partial charge in [0, 0.05) is 15.9 Å². The Balaban J connectivity index is 0.00000109. The number of aryl methyl sites for hydroxylation is 3. The molecule has 0 atom stereocenters. The van der Waals surface area contributed by atoms with Crippen LogP contribution in [0.3, 0.4) is 0 Å². The molecule has 0 unspecified atom stereocenters. The fourth-order valence-corrected chi connectivity index (χ4v) is 6.52. The van der Waals surface area contributed by atoms with Crippen LogP contribution in [0.25, 0.3) is 0 Å². The summed E-state index contributed by atoms with van der Waals surface area (Å²) in [6, 6.07) is 24.1. The van der Waals surface area contributed by atoms with Gasteiger partial charge < -0.3 is 4.57 Å². The Morgan fingerprint density at radius 3 is 1.04 bits per heavy atom. The van der Waals surface area contributed by atoms with Crippen LogP contribution in [0.5, 0.6) is 0 Å². The van der Waals surface area contributed by atoms with Gasteiger partial charge in [-0.2, -0.15) is 0 Å². The lowest BCUT2D eigenvalue weighted by atomic mass is 10.2. The third-order valence-electron chi connectivity index (χ3n) is 4.36. The van der Waals surface area contributed by atoms with E-state index < -0.39 is 7.14 Å². The van der Waals surface area contributed by atoms with Crippen molar-refractivity contribution in [2.75, 3.05) is 0 Å². The standard InChI is InChI=1S/C21H21OP.H2O2/c1-16-10-4-7-13-19(16)23(22,20-14-8-5-11-17(20)2)21-15-9-6-12-18(21)3;1-2/h4-15H,1-3H3;1-2H. The van der Waals surface area contributed by atoms with Crippen LogP contribution in [0.2, 0.25) is 0 Å². The lowest BCUT2D eigenvalue weighted by molar-refractivity contribution is -0.176. The summed E-state index contributed by atoms with van der Waals surface area (Å²) in [7, 11) is -2.89. The van der Waals surface area contributed by atoms with Crippen molar-refractivity contribution in [1.82, 2.24) is 0 Å². The quantitative estimate of drug-likeness (QED) is 0.420. The van der Waals surface area contributed by atoms with Gasteiger partial charge in [-0.1, -0.05) is 72.8 Å². The molecule has 0 saturated carbocycles. The first-order chi connectivity index (χ1) is 12.0. The van der Waals surface area contributed by atoms with Crippen molar-refractivity contribution < 1.29 is 15.1 Å². The topological polar surface area (TPSA) is 57.5 Å². The molecule has 3 aromatic carbocycles. The van der Waals surface area contributed by atoms with E-state index in [1.807, 2.05) is 93.6 Å². The van der Waals surface area contributed by atoms with Crippen LogP contribution < -0.4 is 15.9 Å². The van der Waals surface area contributed by atoms with Crippen LogP contribution in [-0.2, 0) is 4.57 Å². The van der Waals surface area contributed by atoms with E-state index in [9.17, 15) is 4.57 Å². The summed E-state index contributed by atoms with van der Waals surface area (Å²) in [5.74, 6) is 0. The van der Waals surface area contributed by atoms with Crippen LogP contribution in [0.4, 0.5) is 0 Å². The van der Waals surface area contributed by atoms with Gasteiger partial charge in [0.15, 0.2) is 7.14 Å². The minimum absolute atomic E-state index is 0.934. The van der Waals surface area contributed by atoms with Crippen molar-refractivity contribution in [2.24, 2.45) is 0 Å². The third-order valence-corrected chi connectivity index (χ3v) is 7.90. The first-order valence-electron chi connectivity index (χ1n) is 8.04. The minimum Gasteiger partial charge on any atom is -0.309 e. The molecule has 0 bridgehead atoms. The second kappa shape index (κ2) is 8.26. The van der Waals surface area contributed by atoms with Gasteiger partial charge in [-0.15, -0.1) is 0 Å². The summed E-state index contributed by atoms with van der Waals surface area (Å²) >= 11 is 0. The van der Waals surface area contributed by atoms with Crippen molar-refractivity contribution in [2.45, 2.75) is 20.8 Å². The highest BCUT2D eigenvalue weighted by Gasteiger charge is 2.33. The summed E-state index contributed by atoms with van der Waals surface area (Å²) in [5, 5.41) is 14.8. The number of rotatable bonds is 3. The molecular weight excluding hydrogens is 331 g/mol. The molecule has 0 aliphatic carbocycles. The molecule has 0 saturated heterocycles. The van der Waals surface area contributed by atoms with Gasteiger partial charge in [0.05, 0.1) is 0 Å². The normalized spacial score (nSPS) is 10.8. The van der Waals surface area contributed by atoms with Crippen LogP contribution in [0.1, 0.15) is 16.7 Å². The number of hydrogen-bond acceptors (Lipinski definition) is 3. The Bertz CT molecular complexity index is 785. The van der Waals surface area contributed by atoms with Crippen LogP contribution in [0, 0.1) is 20.8 Å². The average molecular weight is 354 g/mol. The van der Waals surface area contributed by atoms with E-state index in [1.54, 1.807) is 0 Å². The van der Waals surface area contributed by atoms with E-state index in [0.717, 1.165) is 32.6 Å². The Kier molecular flexibility index (Phi) is 6.33. The molecule has 3 rings (SSSR count). The summed E-state index contributed by atoms with van der Waals surface area (Å²) < 4.78 is 14.5. The lowest BCUT2D eigenvalue weighted by Gasteiger charge is -2.24. The highest BCUT2D eigenvalue weighted by Crippen LogP contribution is 2.45. The summed E-state index contributed by atoms with van der Waals surface area (Å²) in [4.78, 5) is 0. The molecule has 3 nitrogen and oxygen atoms in total. The van der Waals surface area contributed by atoms with Crippen molar-refractivity contribution >= 4 is 23.1 Å². The molecule has 0 radical (unpaired) electrons. The molecule has 2 N–H and O–H groups in total. The lowest BCUT2D eigenvalue weighted by Crippen LogP contribution is -2.29. The maximum atomic E-state index is 14.5. The Morgan fingerprint density at radius 1 is 0.560 bits per heavy atom. The fourth-order valence-electron chi connectivity index (χ4n) is 3.14. The van der Waals surface area contributed by atoms with E-state index >= 15 is 0 Å². The Morgan fingerprint density at radius 2 is 0.800 bits per heavy atom.